The molecule has 1 nitrogen and oxygen atoms in total. The highest BCUT2D eigenvalue weighted by Gasteiger charge is 2.19. The Labute approximate surface area is 113 Å². The third kappa shape index (κ3) is 4.09. The lowest BCUT2D eigenvalue weighted by molar-refractivity contribution is -0.122. The summed E-state index contributed by atoms with van der Waals surface area (Å²) in [5.41, 5.74) is 0.335. The summed E-state index contributed by atoms with van der Waals surface area (Å²) in [5.74, 6) is -0.246. The first kappa shape index (κ1) is 15.2. The molecule has 0 aliphatic carbocycles. The Morgan fingerprint density at radius 3 is 2.39 bits per heavy atom. The second-order valence-corrected chi connectivity index (χ2v) is 5.02. The quantitative estimate of drug-likeness (QED) is 0.695. The lowest BCUT2D eigenvalue weighted by atomic mass is 9.90. The molecule has 0 aliphatic rings. The molecule has 0 fully saturated rings. The van der Waals surface area contributed by atoms with Gasteiger partial charge in [-0.05, 0) is 25.0 Å². The molecule has 100 valence electrons. The molecule has 1 rings (SSSR count). The van der Waals surface area contributed by atoms with Crippen LogP contribution >= 0.6 is 11.6 Å². The number of ketones is 1. The van der Waals surface area contributed by atoms with Crippen molar-refractivity contribution in [2.45, 2.75) is 46.0 Å². The minimum Gasteiger partial charge on any atom is -0.299 e. The Hall–Kier alpha value is -0.890. The molecule has 18 heavy (non-hydrogen) atoms. The number of carbonyl (C=O) groups is 1. The van der Waals surface area contributed by atoms with Crippen LogP contribution in [0.15, 0.2) is 18.2 Å². The maximum Gasteiger partial charge on any atom is 0.140 e. The number of Topliss-reactive ketones (excluding diaryl/α,β-unsaturated/α-hetero) is 1. The summed E-state index contributed by atoms with van der Waals surface area (Å²) in [4.78, 5) is 12.2. The first-order valence-electron chi connectivity index (χ1n) is 6.55. The van der Waals surface area contributed by atoms with E-state index in [1.165, 1.54) is 6.07 Å². The van der Waals surface area contributed by atoms with Crippen LogP contribution in [0.5, 0.6) is 0 Å². The fourth-order valence-electron chi connectivity index (χ4n) is 2.18. The number of carbonyl (C=O) groups excluding carboxylic acids is 1. The third-order valence-corrected chi connectivity index (χ3v) is 3.50. The third-order valence-electron chi connectivity index (χ3n) is 3.14. The molecule has 0 saturated carbocycles. The van der Waals surface area contributed by atoms with E-state index in [2.05, 4.69) is 13.8 Å². The van der Waals surface area contributed by atoms with Crippen molar-refractivity contribution in [1.29, 1.82) is 0 Å². The van der Waals surface area contributed by atoms with Gasteiger partial charge in [-0.3, -0.25) is 4.79 Å². The molecular weight excluding hydrogens is 251 g/mol. The number of rotatable bonds is 7. The van der Waals surface area contributed by atoms with Gasteiger partial charge in [-0.25, -0.2) is 4.39 Å². The molecule has 0 aliphatic heterocycles. The number of halogens is 2. The summed E-state index contributed by atoms with van der Waals surface area (Å²) in [6.07, 6.45) is 3.80. The van der Waals surface area contributed by atoms with E-state index in [0.29, 0.717) is 10.6 Å². The summed E-state index contributed by atoms with van der Waals surface area (Å²) in [7, 11) is 0. The Morgan fingerprint density at radius 1 is 1.28 bits per heavy atom. The van der Waals surface area contributed by atoms with Crippen LogP contribution in [0.25, 0.3) is 0 Å². The second-order valence-electron chi connectivity index (χ2n) is 4.62. The van der Waals surface area contributed by atoms with Gasteiger partial charge in [0.05, 0.1) is 0 Å². The molecule has 0 bridgehead atoms. The molecule has 0 saturated heterocycles. The van der Waals surface area contributed by atoms with Gasteiger partial charge in [0.2, 0.25) is 0 Å². The normalized spacial score (nSPS) is 10.9. The molecule has 0 amide bonds. The highest BCUT2D eigenvalue weighted by Crippen LogP contribution is 2.23. The predicted molar refractivity (Wildman–Crippen MR) is 73.4 cm³/mol. The van der Waals surface area contributed by atoms with E-state index in [-0.39, 0.29) is 23.9 Å². The largest absolute Gasteiger partial charge is 0.299 e. The van der Waals surface area contributed by atoms with Crippen molar-refractivity contribution in [1.82, 2.24) is 0 Å². The number of hydrogen-bond acceptors (Lipinski definition) is 1. The smallest absolute Gasteiger partial charge is 0.140 e. The van der Waals surface area contributed by atoms with Crippen molar-refractivity contribution in [2.24, 2.45) is 5.92 Å². The van der Waals surface area contributed by atoms with Crippen LogP contribution in [-0.2, 0) is 11.2 Å². The van der Waals surface area contributed by atoms with Crippen molar-refractivity contribution in [2.75, 3.05) is 0 Å². The van der Waals surface area contributed by atoms with Gasteiger partial charge in [-0.2, -0.15) is 0 Å². The van der Waals surface area contributed by atoms with Gasteiger partial charge in [0.25, 0.3) is 0 Å². The molecule has 1 aromatic rings. The minimum absolute atomic E-state index is 0.0377. The van der Waals surface area contributed by atoms with Crippen LogP contribution in [0.1, 0.15) is 45.1 Å². The average Bonchev–Trinajstić information content (AvgIpc) is 2.33. The van der Waals surface area contributed by atoms with Crippen molar-refractivity contribution in [3.05, 3.63) is 34.6 Å². The number of hydrogen-bond donors (Lipinski definition) is 0. The lowest BCUT2D eigenvalue weighted by Crippen LogP contribution is -2.17. The van der Waals surface area contributed by atoms with E-state index in [9.17, 15) is 9.18 Å². The highest BCUT2D eigenvalue weighted by molar-refractivity contribution is 6.31. The minimum atomic E-state index is -0.386. The van der Waals surface area contributed by atoms with E-state index >= 15 is 0 Å². The first-order chi connectivity index (χ1) is 8.60. The first-order valence-corrected chi connectivity index (χ1v) is 6.93. The van der Waals surface area contributed by atoms with Crippen LogP contribution in [-0.4, -0.2) is 5.78 Å². The molecule has 0 atom stereocenters. The highest BCUT2D eigenvalue weighted by atomic mass is 35.5. The van der Waals surface area contributed by atoms with Gasteiger partial charge in [0.15, 0.2) is 0 Å². The molecule has 3 heteroatoms. The molecule has 0 radical (unpaired) electrons. The molecular formula is C15H20ClFO. The summed E-state index contributed by atoms with van der Waals surface area (Å²) < 4.78 is 13.6. The van der Waals surface area contributed by atoms with Crippen LogP contribution in [0.4, 0.5) is 4.39 Å². The van der Waals surface area contributed by atoms with E-state index in [4.69, 9.17) is 11.6 Å². The zero-order valence-electron chi connectivity index (χ0n) is 11.0. The molecule has 1 aromatic carbocycles. The van der Waals surface area contributed by atoms with Crippen molar-refractivity contribution in [3.63, 3.8) is 0 Å². The van der Waals surface area contributed by atoms with Gasteiger partial charge in [-0.1, -0.05) is 44.4 Å². The predicted octanol–water partition coefficient (Wildman–Crippen LogP) is 4.81. The summed E-state index contributed by atoms with van der Waals surface area (Å²) in [6.45, 7) is 4.12. The fourth-order valence-corrected chi connectivity index (χ4v) is 2.41. The van der Waals surface area contributed by atoms with Gasteiger partial charge >= 0.3 is 0 Å². The van der Waals surface area contributed by atoms with Crippen LogP contribution in [0.3, 0.4) is 0 Å². The van der Waals surface area contributed by atoms with Crippen molar-refractivity contribution < 1.29 is 9.18 Å². The monoisotopic (exact) mass is 270 g/mol. The maximum absolute atomic E-state index is 13.6. The van der Waals surface area contributed by atoms with Gasteiger partial charge in [-0.15, -0.1) is 0 Å². The molecule has 0 aromatic heterocycles. The maximum atomic E-state index is 13.6. The summed E-state index contributed by atoms with van der Waals surface area (Å²) in [5, 5.41) is 0.343. The average molecular weight is 271 g/mol. The zero-order valence-corrected chi connectivity index (χ0v) is 11.8. The van der Waals surface area contributed by atoms with Gasteiger partial charge in [0.1, 0.15) is 11.6 Å². The van der Waals surface area contributed by atoms with Crippen molar-refractivity contribution in [3.8, 4) is 0 Å². The van der Waals surface area contributed by atoms with E-state index < -0.39 is 0 Å². The Balaban J connectivity index is 2.79. The van der Waals surface area contributed by atoms with Crippen LogP contribution in [0, 0.1) is 11.7 Å². The second kappa shape index (κ2) is 7.52. The van der Waals surface area contributed by atoms with E-state index in [1.54, 1.807) is 12.1 Å². The number of benzene rings is 1. The Kier molecular flexibility index (Phi) is 6.34. The van der Waals surface area contributed by atoms with Crippen LogP contribution in [0.2, 0.25) is 5.02 Å². The van der Waals surface area contributed by atoms with Gasteiger partial charge in [0, 0.05) is 22.9 Å². The molecule has 0 heterocycles. The fraction of sp³-hybridized carbons (Fsp3) is 0.533. The standard InChI is InChI=1S/C15H20ClFO/c1-3-6-11(7-4-2)15(18)10-12-13(16)8-5-9-14(12)17/h5,8-9,11H,3-4,6-7,10H2,1-2H3. The Morgan fingerprint density at radius 2 is 1.89 bits per heavy atom. The summed E-state index contributed by atoms with van der Waals surface area (Å²) in [6, 6.07) is 4.53. The van der Waals surface area contributed by atoms with Crippen LogP contribution < -0.4 is 0 Å². The molecule has 0 spiro atoms. The van der Waals surface area contributed by atoms with E-state index in [0.717, 1.165) is 25.7 Å². The topological polar surface area (TPSA) is 17.1 Å². The van der Waals surface area contributed by atoms with Crippen molar-refractivity contribution >= 4 is 17.4 Å². The molecule has 0 unspecified atom stereocenters. The summed E-state index contributed by atoms with van der Waals surface area (Å²) >= 11 is 5.94. The zero-order chi connectivity index (χ0) is 13.5. The Bertz CT molecular complexity index is 377. The van der Waals surface area contributed by atoms with Gasteiger partial charge < -0.3 is 0 Å². The molecule has 0 N–H and O–H groups in total. The van der Waals surface area contributed by atoms with E-state index in [1.807, 2.05) is 0 Å². The SMILES string of the molecule is CCCC(CCC)C(=O)Cc1c(F)cccc1Cl. The lowest BCUT2D eigenvalue weighted by Gasteiger charge is -2.14.